The zero-order chi connectivity index (χ0) is 10.6. The first kappa shape index (κ1) is 10.8. The molecule has 2 aromatic rings. The van der Waals surface area contributed by atoms with Crippen LogP contribution >= 0.6 is 0 Å². The third-order valence-corrected chi connectivity index (χ3v) is 2.11. The van der Waals surface area contributed by atoms with Gasteiger partial charge in [0.1, 0.15) is 5.82 Å². The third-order valence-electron chi connectivity index (χ3n) is 2.11. The topological polar surface area (TPSA) is 15.8 Å². The Morgan fingerprint density at radius 1 is 1.29 bits per heavy atom. The van der Waals surface area contributed by atoms with Crippen molar-refractivity contribution in [2.75, 3.05) is 0 Å². The molecule has 0 radical (unpaired) electrons. The van der Waals surface area contributed by atoms with E-state index in [2.05, 4.69) is 11.9 Å². The van der Waals surface area contributed by atoms with E-state index in [9.17, 15) is 4.39 Å². The minimum Gasteiger partial charge on any atom is -0.361 e. The van der Waals surface area contributed by atoms with Gasteiger partial charge in [-0.2, -0.15) is 0 Å². The van der Waals surface area contributed by atoms with Crippen molar-refractivity contribution < 1.29 is 4.39 Å². The maximum absolute atomic E-state index is 12.8. The quantitative estimate of drug-likeness (QED) is 0.707. The smallest absolute Gasteiger partial charge is 0.123 e. The summed E-state index contributed by atoms with van der Waals surface area (Å²) in [4.78, 5) is 3.10. The molecular weight excluding hydrogens is 177 g/mol. The number of nitrogens with one attached hydrogen (secondary N) is 1. The van der Waals surface area contributed by atoms with Crippen LogP contribution in [0.2, 0.25) is 0 Å². The maximum Gasteiger partial charge on any atom is 0.123 e. The molecule has 0 saturated carbocycles. The minimum atomic E-state index is -0.170. The molecule has 1 aromatic carbocycles. The van der Waals surface area contributed by atoms with Crippen molar-refractivity contribution in [2.24, 2.45) is 0 Å². The average Bonchev–Trinajstić information content (AvgIpc) is 2.63. The molecule has 14 heavy (non-hydrogen) atoms. The summed E-state index contributed by atoms with van der Waals surface area (Å²) in [6.07, 6.45) is 2.87. The van der Waals surface area contributed by atoms with Crippen molar-refractivity contribution in [1.82, 2.24) is 4.98 Å². The van der Waals surface area contributed by atoms with Gasteiger partial charge in [0, 0.05) is 17.1 Å². The highest BCUT2D eigenvalue weighted by molar-refractivity contribution is 5.83. The molecule has 0 fully saturated rings. The summed E-state index contributed by atoms with van der Waals surface area (Å²) in [7, 11) is 0. The van der Waals surface area contributed by atoms with Crippen LogP contribution in [-0.4, -0.2) is 4.98 Å². The van der Waals surface area contributed by atoms with E-state index in [4.69, 9.17) is 0 Å². The first-order valence-corrected chi connectivity index (χ1v) is 5.07. The molecular formula is C12H16FN. The Hall–Kier alpha value is -1.31. The predicted molar refractivity (Wildman–Crippen MR) is 59.0 cm³/mol. The normalized spacial score (nSPS) is 9.71. The molecule has 0 unspecified atom stereocenters. The van der Waals surface area contributed by atoms with Crippen molar-refractivity contribution in [3.05, 3.63) is 35.8 Å². The molecule has 0 aliphatic rings. The number of hydrogen-bond donors (Lipinski definition) is 1. The summed E-state index contributed by atoms with van der Waals surface area (Å²) in [5.74, 6) is -0.170. The molecule has 0 aliphatic carbocycles. The van der Waals surface area contributed by atoms with Crippen molar-refractivity contribution in [2.45, 2.75) is 27.2 Å². The minimum absolute atomic E-state index is 0.170. The van der Waals surface area contributed by atoms with Crippen molar-refractivity contribution in [3.63, 3.8) is 0 Å². The van der Waals surface area contributed by atoms with E-state index in [1.807, 2.05) is 20.0 Å². The maximum atomic E-state index is 12.8. The molecule has 2 rings (SSSR count). The number of aryl methyl sites for hydroxylation is 1. The molecule has 1 nitrogen and oxygen atoms in total. The Labute approximate surface area is 84.0 Å². The van der Waals surface area contributed by atoms with E-state index in [-0.39, 0.29) is 5.82 Å². The highest BCUT2D eigenvalue weighted by Gasteiger charge is 2.01. The largest absolute Gasteiger partial charge is 0.361 e. The molecule has 0 bridgehead atoms. The van der Waals surface area contributed by atoms with Crippen LogP contribution in [0.4, 0.5) is 4.39 Å². The molecule has 0 amide bonds. The molecule has 0 saturated heterocycles. The molecule has 1 aromatic heterocycles. The van der Waals surface area contributed by atoms with Gasteiger partial charge in [0.15, 0.2) is 0 Å². The Morgan fingerprint density at radius 2 is 2.00 bits per heavy atom. The lowest BCUT2D eigenvalue weighted by molar-refractivity contribution is 0.629. The summed E-state index contributed by atoms with van der Waals surface area (Å²) in [5, 5.41) is 0.998. The SMILES string of the molecule is CC.CCc1c[nH]c2ccc(F)cc12. The second kappa shape index (κ2) is 4.80. The molecule has 1 heterocycles. The summed E-state index contributed by atoms with van der Waals surface area (Å²) in [6, 6.07) is 4.81. The number of rotatable bonds is 1. The van der Waals surface area contributed by atoms with E-state index in [0.717, 1.165) is 17.3 Å². The lowest BCUT2D eigenvalue weighted by Crippen LogP contribution is -1.77. The van der Waals surface area contributed by atoms with Crippen LogP contribution in [0.1, 0.15) is 26.3 Å². The number of benzene rings is 1. The van der Waals surface area contributed by atoms with Gasteiger partial charge in [-0.25, -0.2) is 4.39 Å². The number of H-pyrrole nitrogens is 1. The van der Waals surface area contributed by atoms with Gasteiger partial charge in [0.25, 0.3) is 0 Å². The fourth-order valence-electron chi connectivity index (χ4n) is 1.44. The Kier molecular flexibility index (Phi) is 3.69. The van der Waals surface area contributed by atoms with Gasteiger partial charge in [-0.3, -0.25) is 0 Å². The van der Waals surface area contributed by atoms with E-state index < -0.39 is 0 Å². The lowest BCUT2D eigenvalue weighted by atomic mass is 10.1. The third kappa shape index (κ3) is 1.95. The molecule has 1 N–H and O–H groups in total. The summed E-state index contributed by atoms with van der Waals surface area (Å²) >= 11 is 0. The first-order chi connectivity index (χ1) is 6.81. The standard InChI is InChI=1S/C10H10FN.C2H6/c1-2-7-6-12-10-4-3-8(11)5-9(7)10;1-2/h3-6,12H,2H2,1H3;1-2H3. The van der Waals surface area contributed by atoms with Gasteiger partial charge in [0.05, 0.1) is 0 Å². The average molecular weight is 193 g/mol. The zero-order valence-corrected chi connectivity index (χ0v) is 8.89. The van der Waals surface area contributed by atoms with Gasteiger partial charge in [-0.05, 0) is 30.2 Å². The fraction of sp³-hybridized carbons (Fsp3) is 0.333. The molecule has 0 spiro atoms. The van der Waals surface area contributed by atoms with E-state index in [0.29, 0.717) is 0 Å². The molecule has 2 heteroatoms. The Balaban J connectivity index is 0.000000461. The number of aromatic nitrogens is 1. The van der Waals surface area contributed by atoms with Gasteiger partial charge in [0.2, 0.25) is 0 Å². The van der Waals surface area contributed by atoms with Crippen molar-refractivity contribution in [1.29, 1.82) is 0 Å². The van der Waals surface area contributed by atoms with Crippen molar-refractivity contribution >= 4 is 10.9 Å². The summed E-state index contributed by atoms with van der Waals surface area (Å²) < 4.78 is 12.8. The van der Waals surface area contributed by atoms with Crippen molar-refractivity contribution in [3.8, 4) is 0 Å². The summed E-state index contributed by atoms with van der Waals surface area (Å²) in [6.45, 7) is 6.06. The Morgan fingerprint density at radius 3 is 2.64 bits per heavy atom. The van der Waals surface area contributed by atoms with Crippen LogP contribution < -0.4 is 0 Å². The molecule has 0 aliphatic heterocycles. The van der Waals surface area contributed by atoms with Gasteiger partial charge < -0.3 is 4.98 Å². The molecule has 76 valence electrons. The van der Waals surface area contributed by atoms with Gasteiger partial charge in [-0.15, -0.1) is 0 Å². The highest BCUT2D eigenvalue weighted by atomic mass is 19.1. The van der Waals surface area contributed by atoms with Gasteiger partial charge >= 0.3 is 0 Å². The van der Waals surface area contributed by atoms with Crippen LogP contribution in [0.25, 0.3) is 10.9 Å². The number of halogens is 1. The summed E-state index contributed by atoms with van der Waals surface area (Å²) in [5.41, 5.74) is 2.18. The van der Waals surface area contributed by atoms with Crippen LogP contribution in [0, 0.1) is 5.82 Å². The van der Waals surface area contributed by atoms with Crippen LogP contribution in [0.3, 0.4) is 0 Å². The number of fused-ring (bicyclic) bond motifs is 1. The first-order valence-electron chi connectivity index (χ1n) is 5.07. The second-order valence-electron chi connectivity index (χ2n) is 2.86. The predicted octanol–water partition coefficient (Wildman–Crippen LogP) is 3.90. The van der Waals surface area contributed by atoms with E-state index in [1.165, 1.54) is 11.6 Å². The highest BCUT2D eigenvalue weighted by Crippen LogP contribution is 2.19. The van der Waals surface area contributed by atoms with Crippen LogP contribution in [0.15, 0.2) is 24.4 Å². The van der Waals surface area contributed by atoms with Crippen LogP contribution in [0.5, 0.6) is 0 Å². The molecule has 0 atom stereocenters. The van der Waals surface area contributed by atoms with E-state index >= 15 is 0 Å². The monoisotopic (exact) mass is 193 g/mol. The van der Waals surface area contributed by atoms with E-state index in [1.54, 1.807) is 12.1 Å². The Bertz CT molecular complexity index is 404. The second-order valence-corrected chi connectivity index (χ2v) is 2.86. The lowest BCUT2D eigenvalue weighted by Gasteiger charge is -1.92. The number of aromatic amines is 1. The van der Waals surface area contributed by atoms with Crippen LogP contribution in [-0.2, 0) is 6.42 Å². The number of hydrogen-bond acceptors (Lipinski definition) is 0. The van der Waals surface area contributed by atoms with Gasteiger partial charge in [-0.1, -0.05) is 20.8 Å². The zero-order valence-electron chi connectivity index (χ0n) is 8.89. The fourth-order valence-corrected chi connectivity index (χ4v) is 1.44.